The van der Waals surface area contributed by atoms with Crippen molar-refractivity contribution in [2.75, 3.05) is 13.2 Å². The molecule has 0 amide bonds. The number of carbonyl (C=O) groups excluding carboxylic acids is 2. The molecule has 11 heteroatoms. The van der Waals surface area contributed by atoms with E-state index in [2.05, 4.69) is 6.92 Å². The van der Waals surface area contributed by atoms with Crippen LogP contribution >= 0.6 is 0 Å². The van der Waals surface area contributed by atoms with E-state index in [1.807, 2.05) is 0 Å². The zero-order chi connectivity index (χ0) is 22.7. The molecular formula is C20H38Na2O9. The first-order valence-electron chi connectivity index (χ1n) is 10.3. The maximum absolute atomic E-state index is 10.1. The van der Waals surface area contributed by atoms with E-state index in [0.717, 1.165) is 19.8 Å². The molecular weight excluding hydrogens is 430 g/mol. The normalized spacial score (nSPS) is 20.0. The van der Waals surface area contributed by atoms with Gasteiger partial charge in [-0.05, 0) is 19.8 Å². The molecule has 1 heterocycles. The summed E-state index contributed by atoms with van der Waals surface area (Å²) in [7, 11) is 0. The second-order valence-electron chi connectivity index (χ2n) is 7.05. The van der Waals surface area contributed by atoms with E-state index < -0.39 is 43.0 Å². The fourth-order valence-electron chi connectivity index (χ4n) is 2.65. The molecule has 1 aliphatic rings. The fraction of sp³-hybridized carbons (Fsp3) is 0.900. The molecule has 1 rings (SSSR count). The molecule has 0 aromatic rings. The maximum atomic E-state index is 10.1. The van der Waals surface area contributed by atoms with Crippen LogP contribution in [0.4, 0.5) is 0 Å². The van der Waals surface area contributed by atoms with E-state index in [-0.39, 0.29) is 72.1 Å². The minimum atomic E-state index is -1.12. The van der Waals surface area contributed by atoms with Gasteiger partial charge in [0, 0.05) is 11.9 Å². The van der Waals surface area contributed by atoms with E-state index in [9.17, 15) is 9.90 Å². The molecule has 0 bridgehead atoms. The molecule has 174 valence electrons. The Bertz CT molecular complexity index is 410. The van der Waals surface area contributed by atoms with Crippen molar-refractivity contribution in [2.45, 2.75) is 102 Å². The van der Waals surface area contributed by atoms with Crippen molar-refractivity contribution in [3.8, 4) is 0 Å². The Kier molecular flexibility index (Phi) is 33.9. The number of aliphatic hydroxyl groups excluding tert-OH is 4. The van der Waals surface area contributed by atoms with E-state index in [4.69, 9.17) is 35.1 Å². The summed E-state index contributed by atoms with van der Waals surface area (Å²) in [5.74, 6) is -1.99. The molecule has 0 spiro atoms. The Balaban J connectivity index is -0.000000192. The van der Waals surface area contributed by atoms with Gasteiger partial charge in [-0.3, -0.25) is 0 Å². The molecule has 1 saturated heterocycles. The molecule has 0 unspecified atom stereocenters. The Morgan fingerprint density at radius 3 is 1.71 bits per heavy atom. The fourth-order valence-corrected chi connectivity index (χ4v) is 2.65. The van der Waals surface area contributed by atoms with Gasteiger partial charge in [0.05, 0.1) is 13.2 Å². The third-order valence-corrected chi connectivity index (χ3v) is 4.24. The monoisotopic (exact) mass is 468 g/mol. The predicted octanol–water partition coefficient (Wildman–Crippen LogP) is -7.12. The standard InChI is InChI=1S/C12H24O2.C6H12O5.C2H4O2.2Na/c1-2-3-4-5-6-7-8-9-10-11-12(13)14;7-1-3(8)6-5(10)4(9)2-11-6;1-2(3)4;;/h2-11H2,1H3,(H,13,14);3-10H,1-2H2;1H3,(H,3,4);;/q;;;2*+1/p-2/t;3-,4+,5-,6-;;;/m.1.../s1. The van der Waals surface area contributed by atoms with E-state index in [0.29, 0.717) is 0 Å². The number of carboxylic acid groups (broad SMARTS) is 2. The van der Waals surface area contributed by atoms with Crippen molar-refractivity contribution in [3.05, 3.63) is 0 Å². The van der Waals surface area contributed by atoms with Gasteiger partial charge >= 0.3 is 59.1 Å². The molecule has 0 radical (unpaired) electrons. The molecule has 1 fully saturated rings. The molecule has 4 N–H and O–H groups in total. The quantitative estimate of drug-likeness (QED) is 0.160. The number of ether oxygens (including phenoxy) is 1. The van der Waals surface area contributed by atoms with E-state index in [1.165, 1.54) is 44.9 Å². The number of carbonyl (C=O) groups is 2. The average molecular weight is 468 g/mol. The Labute approximate surface area is 230 Å². The van der Waals surface area contributed by atoms with E-state index in [1.54, 1.807) is 0 Å². The van der Waals surface area contributed by atoms with Gasteiger partial charge in [-0.2, -0.15) is 0 Å². The summed E-state index contributed by atoms with van der Waals surface area (Å²) in [6.07, 6.45) is 7.12. The average Bonchev–Trinajstić information content (AvgIpc) is 2.98. The van der Waals surface area contributed by atoms with Crippen molar-refractivity contribution < 1.29 is 104 Å². The summed E-state index contributed by atoms with van der Waals surface area (Å²) >= 11 is 0. The molecule has 4 atom stereocenters. The van der Waals surface area contributed by atoms with Crippen molar-refractivity contribution in [3.63, 3.8) is 0 Å². The topological polar surface area (TPSA) is 170 Å². The third-order valence-electron chi connectivity index (χ3n) is 4.24. The van der Waals surface area contributed by atoms with Crippen molar-refractivity contribution >= 4 is 11.9 Å². The van der Waals surface area contributed by atoms with Crippen LogP contribution in [0.15, 0.2) is 0 Å². The van der Waals surface area contributed by atoms with Gasteiger partial charge in [-0.15, -0.1) is 0 Å². The van der Waals surface area contributed by atoms with Gasteiger partial charge < -0.3 is 45.0 Å². The van der Waals surface area contributed by atoms with Crippen LogP contribution in [0.5, 0.6) is 0 Å². The van der Waals surface area contributed by atoms with Crippen molar-refractivity contribution in [1.82, 2.24) is 0 Å². The first-order chi connectivity index (χ1) is 13.7. The summed E-state index contributed by atoms with van der Waals surface area (Å²) in [5.41, 5.74) is 0. The molecule has 0 aromatic carbocycles. The number of aliphatic carboxylic acids is 2. The molecule has 0 aliphatic carbocycles. The summed E-state index contributed by atoms with van der Waals surface area (Å²) < 4.78 is 4.82. The van der Waals surface area contributed by atoms with Crippen LogP contribution in [-0.2, 0) is 14.3 Å². The Morgan fingerprint density at radius 1 is 0.968 bits per heavy atom. The maximum Gasteiger partial charge on any atom is 1.00 e. The smallest absolute Gasteiger partial charge is 0.550 e. The summed E-state index contributed by atoms with van der Waals surface area (Å²) in [6, 6.07) is 0. The second kappa shape index (κ2) is 27.0. The minimum Gasteiger partial charge on any atom is -0.550 e. The van der Waals surface area contributed by atoms with Crippen LogP contribution in [0.25, 0.3) is 0 Å². The van der Waals surface area contributed by atoms with Crippen LogP contribution < -0.4 is 69.3 Å². The molecule has 0 saturated carbocycles. The van der Waals surface area contributed by atoms with Crippen molar-refractivity contribution in [1.29, 1.82) is 0 Å². The second-order valence-corrected chi connectivity index (χ2v) is 7.05. The first kappa shape index (κ1) is 39.0. The van der Waals surface area contributed by atoms with Gasteiger partial charge in [0.2, 0.25) is 0 Å². The minimum absolute atomic E-state index is 0. The van der Waals surface area contributed by atoms with Crippen LogP contribution in [0.2, 0.25) is 0 Å². The molecule has 1 aliphatic heterocycles. The largest absolute Gasteiger partial charge is 1.00 e. The Morgan fingerprint density at radius 2 is 1.39 bits per heavy atom. The summed E-state index contributed by atoms with van der Waals surface area (Å²) in [4.78, 5) is 19.0. The molecule has 9 nitrogen and oxygen atoms in total. The molecule has 31 heavy (non-hydrogen) atoms. The van der Waals surface area contributed by atoms with E-state index >= 15 is 0 Å². The SMILES string of the molecule is CC(=O)[O-].CCCCCCCCCCCC(=O)[O-].OC[C@@H](O)[C@H]1OC[C@H](O)[C@H]1O.[Na+].[Na+]. The third kappa shape index (κ3) is 26.9. The van der Waals surface area contributed by atoms with Gasteiger partial charge in [-0.1, -0.05) is 58.3 Å². The number of rotatable bonds is 12. The number of unbranched alkanes of at least 4 members (excludes halogenated alkanes) is 8. The summed E-state index contributed by atoms with van der Waals surface area (Å²) in [5, 5.41) is 54.5. The number of aliphatic hydroxyl groups is 4. The van der Waals surface area contributed by atoms with Crippen LogP contribution in [0, 0.1) is 0 Å². The van der Waals surface area contributed by atoms with Gasteiger partial charge in [0.25, 0.3) is 0 Å². The number of hydrogen-bond acceptors (Lipinski definition) is 9. The number of carboxylic acids is 2. The Hall–Kier alpha value is 0.740. The first-order valence-corrected chi connectivity index (χ1v) is 10.3. The van der Waals surface area contributed by atoms with Crippen molar-refractivity contribution in [2.24, 2.45) is 0 Å². The summed E-state index contributed by atoms with van der Waals surface area (Å²) in [6.45, 7) is 2.72. The van der Waals surface area contributed by atoms with Gasteiger partial charge in [0.15, 0.2) is 0 Å². The van der Waals surface area contributed by atoms with Crippen LogP contribution in [0.3, 0.4) is 0 Å². The zero-order valence-electron chi connectivity index (χ0n) is 19.6. The van der Waals surface area contributed by atoms with Crippen LogP contribution in [-0.4, -0.2) is 70.0 Å². The molecule has 0 aromatic heterocycles. The zero-order valence-corrected chi connectivity index (χ0v) is 23.6. The predicted molar refractivity (Wildman–Crippen MR) is 102 cm³/mol. The van der Waals surface area contributed by atoms with Crippen LogP contribution in [0.1, 0.15) is 78.1 Å². The van der Waals surface area contributed by atoms with Gasteiger partial charge in [-0.25, -0.2) is 0 Å². The number of hydrogen-bond donors (Lipinski definition) is 4. The van der Waals surface area contributed by atoms with Gasteiger partial charge in [0.1, 0.15) is 24.4 Å².